The minimum absolute atomic E-state index is 0.134. The van der Waals surface area contributed by atoms with Gasteiger partial charge in [0.25, 0.3) is 5.91 Å². The van der Waals surface area contributed by atoms with E-state index < -0.39 is 11.9 Å². The summed E-state index contributed by atoms with van der Waals surface area (Å²) in [6.07, 6.45) is 1.76. The topological polar surface area (TPSA) is 58.2 Å². The Morgan fingerprint density at radius 2 is 1.85 bits per heavy atom. The lowest BCUT2D eigenvalue weighted by molar-refractivity contribution is -0.114. The van der Waals surface area contributed by atoms with E-state index in [4.69, 9.17) is 23.2 Å². The molecule has 0 saturated heterocycles. The first kappa shape index (κ1) is 16.5. The second kappa shape index (κ2) is 7.31. The number of urea groups is 1. The number of hydrogen-bond acceptors (Lipinski definition) is 2. The van der Waals surface area contributed by atoms with Crippen molar-refractivity contribution < 1.29 is 9.59 Å². The maximum Gasteiger partial charge on any atom is 0.321 e. The normalized spacial score (nSPS) is 11.4. The van der Waals surface area contributed by atoms with Crippen LogP contribution in [-0.2, 0) is 4.79 Å². The number of hydrogen-bond donors (Lipinski definition) is 2. The number of imide groups is 1. The van der Waals surface area contributed by atoms with Crippen LogP contribution in [0.3, 0.4) is 0 Å². The zero-order valence-corrected chi connectivity index (χ0v) is 13.0. The molecule has 0 saturated carbocycles. The molecule has 3 amide bonds. The standard InChI is InChI=1S/C14H16Cl2N2O2/c1-8(2)6-10(13(19)18-14(20)17-3)9-4-5-11(15)12(16)7-9/h4-8H,1-3H3,(H2,17,18,19,20). The number of carbonyl (C=O) groups is 2. The van der Waals surface area contributed by atoms with Crippen molar-refractivity contribution in [2.24, 2.45) is 5.92 Å². The molecule has 0 spiro atoms. The van der Waals surface area contributed by atoms with E-state index in [2.05, 4.69) is 10.6 Å². The van der Waals surface area contributed by atoms with Crippen molar-refractivity contribution in [3.63, 3.8) is 0 Å². The quantitative estimate of drug-likeness (QED) is 0.839. The van der Waals surface area contributed by atoms with Crippen molar-refractivity contribution in [3.05, 3.63) is 39.9 Å². The van der Waals surface area contributed by atoms with Gasteiger partial charge in [0.05, 0.1) is 10.0 Å². The molecule has 0 atom stereocenters. The lowest BCUT2D eigenvalue weighted by atomic mass is 10.0. The predicted molar refractivity (Wildman–Crippen MR) is 81.9 cm³/mol. The fraction of sp³-hybridized carbons (Fsp3) is 0.286. The average Bonchev–Trinajstić information content (AvgIpc) is 2.38. The summed E-state index contributed by atoms with van der Waals surface area (Å²) in [5.41, 5.74) is 0.983. The second-order valence-corrected chi connectivity index (χ2v) is 5.30. The fourth-order valence-electron chi connectivity index (χ4n) is 1.53. The first-order valence-corrected chi connectivity index (χ1v) is 6.81. The molecule has 0 radical (unpaired) electrons. The monoisotopic (exact) mass is 314 g/mol. The van der Waals surface area contributed by atoms with E-state index >= 15 is 0 Å². The highest BCUT2D eigenvalue weighted by molar-refractivity contribution is 6.42. The summed E-state index contributed by atoms with van der Waals surface area (Å²) in [6, 6.07) is 4.33. The van der Waals surface area contributed by atoms with Gasteiger partial charge in [-0.15, -0.1) is 0 Å². The Hall–Kier alpha value is -1.52. The molecule has 0 aliphatic heterocycles. The van der Waals surface area contributed by atoms with Gasteiger partial charge in [-0.1, -0.05) is 49.2 Å². The molecule has 0 heterocycles. The van der Waals surface area contributed by atoms with E-state index in [-0.39, 0.29) is 5.92 Å². The van der Waals surface area contributed by atoms with Crippen LogP contribution in [0.1, 0.15) is 19.4 Å². The summed E-state index contributed by atoms with van der Waals surface area (Å²) in [5, 5.41) is 5.33. The highest BCUT2D eigenvalue weighted by Gasteiger charge is 2.16. The van der Waals surface area contributed by atoms with Gasteiger partial charge in [-0.25, -0.2) is 4.79 Å². The lowest BCUT2D eigenvalue weighted by Gasteiger charge is -2.10. The van der Waals surface area contributed by atoms with Gasteiger partial charge < -0.3 is 5.32 Å². The summed E-state index contributed by atoms with van der Waals surface area (Å²) < 4.78 is 0. The summed E-state index contributed by atoms with van der Waals surface area (Å²) in [6.45, 7) is 3.87. The molecule has 0 aromatic heterocycles. The highest BCUT2D eigenvalue weighted by Crippen LogP contribution is 2.27. The van der Waals surface area contributed by atoms with Crippen LogP contribution in [0.4, 0.5) is 4.79 Å². The van der Waals surface area contributed by atoms with Gasteiger partial charge in [0.15, 0.2) is 0 Å². The van der Waals surface area contributed by atoms with E-state index in [1.54, 1.807) is 24.3 Å². The molecule has 6 heteroatoms. The van der Waals surface area contributed by atoms with Crippen molar-refractivity contribution in [3.8, 4) is 0 Å². The van der Waals surface area contributed by atoms with Crippen LogP contribution in [0, 0.1) is 5.92 Å². The van der Waals surface area contributed by atoms with E-state index in [0.29, 0.717) is 21.2 Å². The number of halogens is 2. The zero-order chi connectivity index (χ0) is 15.3. The summed E-state index contributed by atoms with van der Waals surface area (Å²) in [4.78, 5) is 23.4. The van der Waals surface area contributed by atoms with Crippen LogP contribution in [-0.4, -0.2) is 19.0 Å². The van der Waals surface area contributed by atoms with Gasteiger partial charge in [-0.05, 0) is 23.6 Å². The Morgan fingerprint density at radius 1 is 1.20 bits per heavy atom. The number of allylic oxidation sites excluding steroid dienone is 1. The second-order valence-electron chi connectivity index (χ2n) is 4.49. The molecule has 20 heavy (non-hydrogen) atoms. The van der Waals surface area contributed by atoms with Crippen molar-refractivity contribution in [2.45, 2.75) is 13.8 Å². The van der Waals surface area contributed by atoms with Crippen LogP contribution < -0.4 is 10.6 Å². The average molecular weight is 315 g/mol. The SMILES string of the molecule is CNC(=O)NC(=O)C(=CC(C)C)c1ccc(Cl)c(Cl)c1. The van der Waals surface area contributed by atoms with Crippen LogP contribution >= 0.6 is 23.2 Å². The number of carbonyl (C=O) groups excluding carboxylic acids is 2. The summed E-state index contributed by atoms with van der Waals surface area (Å²) in [7, 11) is 1.44. The molecular weight excluding hydrogens is 299 g/mol. The van der Waals surface area contributed by atoms with Gasteiger partial charge in [0.2, 0.25) is 0 Å². The van der Waals surface area contributed by atoms with Gasteiger partial charge in [0, 0.05) is 12.6 Å². The van der Waals surface area contributed by atoms with Gasteiger partial charge >= 0.3 is 6.03 Å². The highest BCUT2D eigenvalue weighted by atomic mass is 35.5. The van der Waals surface area contributed by atoms with Crippen LogP contribution in [0.2, 0.25) is 10.0 Å². The minimum atomic E-state index is -0.565. The Labute approximate surface area is 128 Å². The van der Waals surface area contributed by atoms with Crippen LogP contribution in [0.5, 0.6) is 0 Å². The van der Waals surface area contributed by atoms with Crippen molar-refractivity contribution in [1.29, 1.82) is 0 Å². The molecule has 108 valence electrons. The molecule has 0 aliphatic carbocycles. The van der Waals surface area contributed by atoms with Crippen molar-refractivity contribution >= 4 is 40.7 Å². The van der Waals surface area contributed by atoms with Crippen molar-refractivity contribution in [2.75, 3.05) is 7.05 Å². The zero-order valence-electron chi connectivity index (χ0n) is 11.5. The Balaban J connectivity index is 3.16. The lowest BCUT2D eigenvalue weighted by Crippen LogP contribution is -2.37. The fourth-order valence-corrected chi connectivity index (χ4v) is 1.83. The molecule has 0 fully saturated rings. The molecule has 4 nitrogen and oxygen atoms in total. The molecule has 0 aliphatic rings. The first-order chi connectivity index (χ1) is 9.35. The largest absolute Gasteiger partial charge is 0.341 e. The molecule has 1 aromatic carbocycles. The first-order valence-electron chi connectivity index (χ1n) is 6.05. The third-order valence-electron chi connectivity index (χ3n) is 2.43. The van der Waals surface area contributed by atoms with Gasteiger partial charge in [-0.2, -0.15) is 0 Å². The van der Waals surface area contributed by atoms with E-state index in [1.165, 1.54) is 7.05 Å². The number of amides is 3. The number of rotatable bonds is 3. The van der Waals surface area contributed by atoms with Gasteiger partial charge in [-0.3, -0.25) is 10.1 Å². The van der Waals surface area contributed by atoms with Crippen LogP contribution in [0.25, 0.3) is 5.57 Å². The summed E-state index contributed by atoms with van der Waals surface area (Å²) >= 11 is 11.8. The minimum Gasteiger partial charge on any atom is -0.341 e. The molecule has 1 aromatic rings. The number of benzene rings is 1. The van der Waals surface area contributed by atoms with Crippen molar-refractivity contribution in [1.82, 2.24) is 10.6 Å². The van der Waals surface area contributed by atoms with Gasteiger partial charge in [0.1, 0.15) is 0 Å². The summed E-state index contributed by atoms with van der Waals surface area (Å²) in [5.74, 6) is -0.355. The number of nitrogens with one attached hydrogen (secondary N) is 2. The predicted octanol–water partition coefficient (Wildman–Crippen LogP) is 3.49. The Bertz CT molecular complexity index is 554. The molecule has 0 unspecified atom stereocenters. The maximum atomic E-state index is 12.1. The molecule has 1 rings (SSSR count). The Morgan fingerprint density at radius 3 is 2.35 bits per heavy atom. The maximum absolute atomic E-state index is 12.1. The van der Waals surface area contributed by atoms with E-state index in [1.807, 2.05) is 13.8 Å². The third-order valence-corrected chi connectivity index (χ3v) is 3.17. The Kier molecular flexibility index (Phi) is 6.05. The van der Waals surface area contributed by atoms with E-state index in [0.717, 1.165) is 0 Å². The van der Waals surface area contributed by atoms with Crippen LogP contribution in [0.15, 0.2) is 24.3 Å². The molecular formula is C14H16Cl2N2O2. The molecule has 0 bridgehead atoms. The third kappa shape index (κ3) is 4.54. The molecule has 2 N–H and O–H groups in total. The smallest absolute Gasteiger partial charge is 0.321 e. The van der Waals surface area contributed by atoms with E-state index in [9.17, 15) is 9.59 Å².